The second-order valence-electron chi connectivity index (χ2n) is 6.58. The first-order valence-electron chi connectivity index (χ1n) is 8.69. The van der Waals surface area contributed by atoms with Crippen molar-refractivity contribution in [2.24, 2.45) is 4.99 Å². The summed E-state index contributed by atoms with van der Waals surface area (Å²) in [6.45, 7) is 4.51. The lowest BCUT2D eigenvalue weighted by atomic mass is 10.1. The van der Waals surface area contributed by atoms with E-state index in [4.69, 9.17) is 6.42 Å². The average molecular weight is 370 g/mol. The molecular weight excluding hydrogens is 352 g/mol. The first-order valence-corrected chi connectivity index (χ1v) is 9.50. The molecule has 1 amide bonds. The number of aryl methyl sites for hydroxylation is 2. The van der Waals surface area contributed by atoms with Crippen LogP contribution in [0.4, 0.5) is 0 Å². The van der Waals surface area contributed by atoms with Crippen LogP contribution >= 0.6 is 11.3 Å². The van der Waals surface area contributed by atoms with E-state index in [9.17, 15) is 4.79 Å². The summed E-state index contributed by atoms with van der Waals surface area (Å²) in [6, 6.07) is 17.9. The molecule has 0 aliphatic heterocycles. The van der Waals surface area contributed by atoms with Crippen molar-refractivity contribution in [2.45, 2.75) is 20.4 Å². The fourth-order valence-electron chi connectivity index (χ4n) is 3.39. The Kier molecular flexibility index (Phi) is 4.39. The SMILES string of the molecule is C#CCn1c(=NC(=O)c2ccc3ccccc3c2)sc2cc(C)cc(C)c21. The molecule has 0 saturated heterocycles. The van der Waals surface area contributed by atoms with Crippen LogP contribution in [0.1, 0.15) is 21.5 Å². The highest BCUT2D eigenvalue weighted by molar-refractivity contribution is 7.16. The number of carbonyl (C=O) groups is 1. The van der Waals surface area contributed by atoms with Gasteiger partial charge in [0.25, 0.3) is 5.91 Å². The molecule has 0 atom stereocenters. The van der Waals surface area contributed by atoms with Gasteiger partial charge in [0, 0.05) is 5.56 Å². The number of carbonyl (C=O) groups excluding carboxylic acids is 1. The maximum Gasteiger partial charge on any atom is 0.279 e. The van der Waals surface area contributed by atoms with Gasteiger partial charge in [-0.05, 0) is 53.9 Å². The van der Waals surface area contributed by atoms with Crippen LogP contribution in [-0.4, -0.2) is 10.5 Å². The standard InChI is InChI=1S/C23H18N2OS/c1-4-11-25-21-16(3)12-15(2)13-20(21)27-23(25)24-22(26)19-10-9-17-7-5-6-8-18(17)14-19/h1,5-10,12-14H,11H2,2-3H3. The lowest BCUT2D eigenvalue weighted by Crippen LogP contribution is -2.17. The molecule has 0 spiro atoms. The van der Waals surface area contributed by atoms with E-state index in [0.717, 1.165) is 26.6 Å². The van der Waals surface area contributed by atoms with Crippen molar-refractivity contribution in [3.8, 4) is 12.3 Å². The molecule has 3 aromatic carbocycles. The average Bonchev–Trinajstić information content (AvgIpc) is 2.98. The molecule has 0 saturated carbocycles. The van der Waals surface area contributed by atoms with Crippen molar-refractivity contribution in [3.05, 3.63) is 76.1 Å². The van der Waals surface area contributed by atoms with Gasteiger partial charge in [0.2, 0.25) is 0 Å². The van der Waals surface area contributed by atoms with Gasteiger partial charge in [0.1, 0.15) is 0 Å². The van der Waals surface area contributed by atoms with Crippen LogP contribution in [0.3, 0.4) is 0 Å². The Labute approximate surface area is 161 Å². The number of benzene rings is 3. The summed E-state index contributed by atoms with van der Waals surface area (Å²) in [5, 5.41) is 2.13. The van der Waals surface area contributed by atoms with E-state index in [1.165, 1.54) is 16.9 Å². The second kappa shape index (κ2) is 6.86. The smallest absolute Gasteiger partial charge is 0.279 e. The van der Waals surface area contributed by atoms with Gasteiger partial charge in [-0.1, -0.05) is 53.7 Å². The summed E-state index contributed by atoms with van der Waals surface area (Å²) in [4.78, 5) is 17.9. The van der Waals surface area contributed by atoms with Gasteiger partial charge in [-0.2, -0.15) is 4.99 Å². The number of terminal acetylenes is 1. The Bertz CT molecular complexity index is 1300. The molecule has 132 valence electrons. The molecule has 4 rings (SSSR count). The molecule has 1 heterocycles. The van der Waals surface area contributed by atoms with Gasteiger partial charge in [0.05, 0.1) is 16.8 Å². The molecule has 3 nitrogen and oxygen atoms in total. The quantitative estimate of drug-likeness (QED) is 0.465. The Morgan fingerprint density at radius 1 is 1.11 bits per heavy atom. The fraction of sp³-hybridized carbons (Fsp3) is 0.130. The number of rotatable bonds is 2. The van der Waals surface area contributed by atoms with E-state index < -0.39 is 0 Å². The monoisotopic (exact) mass is 370 g/mol. The van der Waals surface area contributed by atoms with E-state index >= 15 is 0 Å². The summed E-state index contributed by atoms with van der Waals surface area (Å²) in [7, 11) is 0. The maximum absolute atomic E-state index is 12.8. The van der Waals surface area contributed by atoms with Gasteiger partial charge in [-0.25, -0.2) is 0 Å². The minimum Gasteiger partial charge on any atom is -0.304 e. The Balaban J connectivity index is 1.88. The summed E-state index contributed by atoms with van der Waals surface area (Å²) in [6.07, 6.45) is 5.57. The third kappa shape index (κ3) is 3.18. The highest BCUT2D eigenvalue weighted by atomic mass is 32.1. The van der Waals surface area contributed by atoms with E-state index in [2.05, 4.69) is 36.9 Å². The van der Waals surface area contributed by atoms with Gasteiger partial charge in [0.15, 0.2) is 4.80 Å². The third-order valence-electron chi connectivity index (χ3n) is 4.55. The highest BCUT2D eigenvalue weighted by Crippen LogP contribution is 2.23. The predicted molar refractivity (Wildman–Crippen MR) is 112 cm³/mol. The first kappa shape index (κ1) is 17.3. The van der Waals surface area contributed by atoms with Crippen LogP contribution in [0.15, 0.2) is 59.6 Å². The molecule has 0 N–H and O–H groups in total. The van der Waals surface area contributed by atoms with Crippen molar-refractivity contribution >= 4 is 38.2 Å². The summed E-state index contributed by atoms with van der Waals surface area (Å²) >= 11 is 1.50. The predicted octanol–water partition coefficient (Wildman–Crippen LogP) is 4.85. The molecule has 1 aromatic heterocycles. The molecule has 4 aromatic rings. The molecule has 27 heavy (non-hydrogen) atoms. The molecule has 0 fully saturated rings. The molecule has 0 unspecified atom stereocenters. The number of amides is 1. The third-order valence-corrected chi connectivity index (χ3v) is 5.58. The van der Waals surface area contributed by atoms with Crippen molar-refractivity contribution in [2.75, 3.05) is 0 Å². The minimum absolute atomic E-state index is 0.257. The summed E-state index contributed by atoms with van der Waals surface area (Å²) in [5.74, 6) is 2.42. The molecule has 0 radical (unpaired) electrons. The van der Waals surface area contributed by atoms with Crippen LogP contribution < -0.4 is 4.80 Å². The normalized spacial score (nSPS) is 11.8. The zero-order valence-electron chi connectivity index (χ0n) is 15.2. The number of thiazole rings is 1. The van der Waals surface area contributed by atoms with Crippen LogP contribution in [0, 0.1) is 26.2 Å². The lowest BCUT2D eigenvalue weighted by molar-refractivity contribution is 0.0998. The van der Waals surface area contributed by atoms with Crippen molar-refractivity contribution in [1.29, 1.82) is 0 Å². The first-order chi connectivity index (χ1) is 13.1. The second-order valence-corrected chi connectivity index (χ2v) is 7.59. The van der Waals surface area contributed by atoms with E-state index in [1.54, 1.807) is 0 Å². The number of fused-ring (bicyclic) bond motifs is 2. The van der Waals surface area contributed by atoms with Gasteiger partial charge >= 0.3 is 0 Å². The van der Waals surface area contributed by atoms with Crippen LogP contribution in [0.5, 0.6) is 0 Å². The van der Waals surface area contributed by atoms with Crippen molar-refractivity contribution in [3.63, 3.8) is 0 Å². The fourth-order valence-corrected chi connectivity index (χ4v) is 4.59. The minimum atomic E-state index is -0.257. The Hall–Kier alpha value is -3.16. The maximum atomic E-state index is 12.8. The summed E-state index contributed by atoms with van der Waals surface area (Å²) in [5.41, 5.74) is 3.94. The number of hydrogen-bond donors (Lipinski definition) is 0. The van der Waals surface area contributed by atoms with Crippen LogP contribution in [0.25, 0.3) is 21.0 Å². The molecular formula is C23H18N2OS. The van der Waals surface area contributed by atoms with Gasteiger partial charge in [-0.3, -0.25) is 4.79 Å². The van der Waals surface area contributed by atoms with Crippen molar-refractivity contribution < 1.29 is 4.79 Å². The molecule has 0 aliphatic rings. The van der Waals surface area contributed by atoms with Crippen molar-refractivity contribution in [1.82, 2.24) is 4.57 Å². The van der Waals surface area contributed by atoms with Gasteiger partial charge in [-0.15, -0.1) is 6.42 Å². The molecule has 4 heteroatoms. The van der Waals surface area contributed by atoms with Gasteiger partial charge < -0.3 is 4.57 Å². The van der Waals surface area contributed by atoms with Crippen LogP contribution in [-0.2, 0) is 6.54 Å². The topological polar surface area (TPSA) is 34.4 Å². The van der Waals surface area contributed by atoms with Crippen LogP contribution in [0.2, 0.25) is 0 Å². The number of aromatic nitrogens is 1. The lowest BCUT2D eigenvalue weighted by Gasteiger charge is -2.04. The van der Waals surface area contributed by atoms with E-state index in [1.807, 2.05) is 47.0 Å². The Morgan fingerprint density at radius 3 is 2.67 bits per heavy atom. The summed E-state index contributed by atoms with van der Waals surface area (Å²) < 4.78 is 3.04. The number of nitrogens with zero attached hydrogens (tertiary/aromatic N) is 2. The molecule has 0 aliphatic carbocycles. The molecule has 0 bridgehead atoms. The number of hydrogen-bond acceptors (Lipinski definition) is 2. The van der Waals surface area contributed by atoms with E-state index in [-0.39, 0.29) is 5.91 Å². The Morgan fingerprint density at radius 2 is 1.89 bits per heavy atom. The highest BCUT2D eigenvalue weighted by Gasteiger charge is 2.11. The zero-order valence-corrected chi connectivity index (χ0v) is 16.0. The largest absolute Gasteiger partial charge is 0.304 e. The van der Waals surface area contributed by atoms with E-state index in [0.29, 0.717) is 16.9 Å². The zero-order chi connectivity index (χ0) is 19.0.